The number of benzene rings is 1. The first-order chi connectivity index (χ1) is 10.9. The number of allylic oxidation sites excluding steroid dienone is 5. The van der Waals surface area contributed by atoms with Gasteiger partial charge in [-0.15, -0.1) is 0 Å². The average molecular weight is 317 g/mol. The SMILES string of the molecule is CC1C=CN2C=CC=C(Cc3cccc(C(F)(F)F)c3)C2=CC1. The van der Waals surface area contributed by atoms with Crippen molar-refractivity contribution < 1.29 is 13.2 Å². The average Bonchev–Trinajstić information content (AvgIpc) is 2.70. The molecule has 0 N–H and O–H groups in total. The summed E-state index contributed by atoms with van der Waals surface area (Å²) in [6.07, 6.45) is 9.31. The van der Waals surface area contributed by atoms with Gasteiger partial charge in [-0.1, -0.05) is 43.4 Å². The maximum Gasteiger partial charge on any atom is 0.416 e. The third-order valence-electron chi connectivity index (χ3n) is 4.06. The topological polar surface area (TPSA) is 3.24 Å². The lowest BCUT2D eigenvalue weighted by Gasteiger charge is -2.24. The summed E-state index contributed by atoms with van der Waals surface area (Å²) in [6, 6.07) is 5.56. The van der Waals surface area contributed by atoms with Crippen molar-refractivity contribution in [2.75, 3.05) is 0 Å². The molecule has 0 radical (unpaired) electrons. The summed E-state index contributed by atoms with van der Waals surface area (Å²) in [5.41, 5.74) is 2.17. The molecule has 0 fully saturated rings. The molecule has 2 heterocycles. The van der Waals surface area contributed by atoms with E-state index in [1.807, 2.05) is 29.5 Å². The number of hydrogen-bond acceptors (Lipinski definition) is 1. The van der Waals surface area contributed by atoms with E-state index in [2.05, 4.69) is 19.1 Å². The molecular formula is C19H18F3N. The second-order valence-corrected chi connectivity index (χ2v) is 5.96. The Morgan fingerprint density at radius 2 is 2.04 bits per heavy atom. The maximum absolute atomic E-state index is 12.9. The summed E-state index contributed by atoms with van der Waals surface area (Å²) in [6.45, 7) is 2.14. The molecule has 1 nitrogen and oxygen atoms in total. The van der Waals surface area contributed by atoms with Crippen LogP contribution in [-0.4, -0.2) is 4.90 Å². The van der Waals surface area contributed by atoms with Gasteiger partial charge in [0.05, 0.1) is 5.56 Å². The summed E-state index contributed by atoms with van der Waals surface area (Å²) in [5, 5.41) is 0. The zero-order valence-corrected chi connectivity index (χ0v) is 12.8. The van der Waals surface area contributed by atoms with Crippen molar-refractivity contribution in [1.82, 2.24) is 4.90 Å². The van der Waals surface area contributed by atoms with E-state index >= 15 is 0 Å². The number of halogens is 3. The van der Waals surface area contributed by atoms with E-state index in [4.69, 9.17) is 0 Å². The van der Waals surface area contributed by atoms with E-state index in [9.17, 15) is 13.2 Å². The van der Waals surface area contributed by atoms with Crippen molar-refractivity contribution in [1.29, 1.82) is 0 Å². The quantitative estimate of drug-likeness (QED) is 0.702. The fraction of sp³-hybridized carbons (Fsp3) is 0.263. The summed E-state index contributed by atoms with van der Waals surface area (Å²) in [7, 11) is 0. The molecule has 4 heteroatoms. The van der Waals surface area contributed by atoms with E-state index in [1.54, 1.807) is 6.07 Å². The Bertz CT molecular complexity index is 708. The van der Waals surface area contributed by atoms with Crippen molar-refractivity contribution in [2.45, 2.75) is 25.9 Å². The highest BCUT2D eigenvalue weighted by molar-refractivity contribution is 5.43. The van der Waals surface area contributed by atoms with E-state index in [0.717, 1.165) is 23.8 Å². The molecule has 0 aromatic heterocycles. The summed E-state index contributed by atoms with van der Waals surface area (Å²) >= 11 is 0. The Morgan fingerprint density at radius 1 is 1.22 bits per heavy atom. The monoisotopic (exact) mass is 317 g/mol. The zero-order chi connectivity index (χ0) is 16.4. The zero-order valence-electron chi connectivity index (χ0n) is 12.8. The lowest BCUT2D eigenvalue weighted by Crippen LogP contribution is -2.15. The number of fused-ring (bicyclic) bond motifs is 1. The summed E-state index contributed by atoms with van der Waals surface area (Å²) in [4.78, 5) is 2.03. The van der Waals surface area contributed by atoms with Crippen LogP contribution in [0.1, 0.15) is 24.5 Å². The molecule has 0 saturated carbocycles. The molecule has 0 saturated heterocycles. The molecule has 2 aliphatic rings. The van der Waals surface area contributed by atoms with Gasteiger partial charge in [0.1, 0.15) is 0 Å². The molecule has 0 aliphatic carbocycles. The second kappa shape index (κ2) is 6.11. The van der Waals surface area contributed by atoms with E-state index in [0.29, 0.717) is 17.9 Å². The number of rotatable bonds is 2. The first kappa shape index (κ1) is 15.7. The predicted molar refractivity (Wildman–Crippen MR) is 85.2 cm³/mol. The van der Waals surface area contributed by atoms with Crippen molar-refractivity contribution >= 4 is 0 Å². The highest BCUT2D eigenvalue weighted by atomic mass is 19.4. The molecule has 0 spiro atoms. The maximum atomic E-state index is 12.9. The van der Waals surface area contributed by atoms with E-state index < -0.39 is 11.7 Å². The molecule has 23 heavy (non-hydrogen) atoms. The van der Waals surface area contributed by atoms with Crippen LogP contribution in [0.25, 0.3) is 0 Å². The third-order valence-corrected chi connectivity index (χ3v) is 4.06. The van der Waals surface area contributed by atoms with Gasteiger partial charge >= 0.3 is 6.18 Å². The minimum atomic E-state index is -4.30. The highest BCUT2D eigenvalue weighted by Crippen LogP contribution is 2.32. The molecule has 1 aromatic carbocycles. The molecule has 1 aromatic rings. The van der Waals surface area contributed by atoms with Crippen LogP contribution >= 0.6 is 0 Å². The molecule has 3 rings (SSSR count). The number of hydrogen-bond donors (Lipinski definition) is 0. The first-order valence-corrected chi connectivity index (χ1v) is 7.64. The number of nitrogens with zero attached hydrogens (tertiary/aromatic N) is 1. The van der Waals surface area contributed by atoms with Gasteiger partial charge in [-0.25, -0.2) is 0 Å². The van der Waals surface area contributed by atoms with E-state index in [1.165, 1.54) is 12.1 Å². The first-order valence-electron chi connectivity index (χ1n) is 7.64. The molecule has 1 unspecified atom stereocenters. The smallest absolute Gasteiger partial charge is 0.324 e. The summed E-state index contributed by atoms with van der Waals surface area (Å²) < 4.78 is 38.6. The fourth-order valence-corrected chi connectivity index (χ4v) is 2.79. The fourth-order valence-electron chi connectivity index (χ4n) is 2.79. The van der Waals surface area contributed by atoms with Crippen LogP contribution in [0, 0.1) is 5.92 Å². The molecular weight excluding hydrogens is 299 g/mol. The minimum Gasteiger partial charge on any atom is -0.324 e. The molecule has 0 bridgehead atoms. The van der Waals surface area contributed by atoms with Crippen molar-refractivity contribution in [3.8, 4) is 0 Å². The van der Waals surface area contributed by atoms with Crippen LogP contribution in [-0.2, 0) is 12.6 Å². The predicted octanol–water partition coefficient (Wildman–Crippen LogP) is 5.44. The van der Waals surface area contributed by atoms with E-state index in [-0.39, 0.29) is 0 Å². The molecule has 2 aliphatic heterocycles. The van der Waals surface area contributed by atoms with Crippen molar-refractivity contribution in [2.24, 2.45) is 5.92 Å². The Labute approximate surface area is 134 Å². The Hall–Kier alpha value is -2.23. The lowest BCUT2D eigenvalue weighted by molar-refractivity contribution is -0.137. The molecule has 1 atom stereocenters. The van der Waals surface area contributed by atoms with Crippen LogP contribution in [0.4, 0.5) is 13.2 Å². The van der Waals surface area contributed by atoms with Crippen LogP contribution in [0.15, 0.2) is 72.2 Å². The van der Waals surface area contributed by atoms with Gasteiger partial charge < -0.3 is 4.90 Å². The van der Waals surface area contributed by atoms with Gasteiger partial charge in [0, 0.05) is 18.1 Å². The largest absolute Gasteiger partial charge is 0.416 e. The molecule has 120 valence electrons. The van der Waals surface area contributed by atoms with Crippen molar-refractivity contribution in [3.05, 3.63) is 83.4 Å². The highest BCUT2D eigenvalue weighted by Gasteiger charge is 2.30. The van der Waals surface area contributed by atoms with Crippen LogP contribution in [0.5, 0.6) is 0 Å². The minimum absolute atomic E-state index is 0.455. The lowest BCUT2D eigenvalue weighted by atomic mass is 9.97. The van der Waals surface area contributed by atoms with Crippen molar-refractivity contribution in [3.63, 3.8) is 0 Å². The van der Waals surface area contributed by atoms with Crippen LogP contribution in [0.3, 0.4) is 0 Å². The van der Waals surface area contributed by atoms with Gasteiger partial charge in [-0.3, -0.25) is 0 Å². The standard InChI is InChI=1S/C19H18F3N/c1-14-7-8-18-16(5-3-10-23(18)11-9-14)12-15-4-2-6-17(13-15)19(20,21)22/h2-6,8-11,13-14H,7,12H2,1H3. The van der Waals surface area contributed by atoms with Crippen LogP contribution < -0.4 is 0 Å². The van der Waals surface area contributed by atoms with Gasteiger partial charge in [-0.05, 0) is 42.0 Å². The third kappa shape index (κ3) is 3.58. The summed E-state index contributed by atoms with van der Waals surface area (Å²) in [5.74, 6) is 0.455. The normalized spacial score (nSPS) is 20.7. The van der Waals surface area contributed by atoms with Gasteiger partial charge in [0.2, 0.25) is 0 Å². The van der Waals surface area contributed by atoms with Gasteiger partial charge in [0.25, 0.3) is 0 Å². The van der Waals surface area contributed by atoms with Gasteiger partial charge in [-0.2, -0.15) is 13.2 Å². The number of alkyl halides is 3. The van der Waals surface area contributed by atoms with Crippen LogP contribution in [0.2, 0.25) is 0 Å². The molecule has 0 amide bonds. The second-order valence-electron chi connectivity index (χ2n) is 5.96. The van der Waals surface area contributed by atoms with Gasteiger partial charge in [0.15, 0.2) is 0 Å². The Balaban J connectivity index is 1.87. The Morgan fingerprint density at radius 3 is 2.83 bits per heavy atom. The Kier molecular flexibility index (Phi) is 4.16.